The van der Waals surface area contributed by atoms with E-state index in [2.05, 4.69) is 41.2 Å². The third kappa shape index (κ3) is 6.15. The summed E-state index contributed by atoms with van der Waals surface area (Å²) in [6.45, 7) is -0.394. The van der Waals surface area contributed by atoms with Crippen molar-refractivity contribution in [3.8, 4) is 11.5 Å². The van der Waals surface area contributed by atoms with E-state index in [1.165, 1.54) is 30.9 Å². The summed E-state index contributed by atoms with van der Waals surface area (Å²) in [5.74, 6) is 1.21. The average molecular weight is 405 g/mol. The van der Waals surface area contributed by atoms with Crippen LogP contribution in [0.25, 0.3) is 0 Å². The summed E-state index contributed by atoms with van der Waals surface area (Å²) in [6, 6.07) is 17.1. The first-order chi connectivity index (χ1) is 14.0. The Morgan fingerprint density at radius 3 is 2.45 bits per heavy atom. The Hall–Kier alpha value is -2.18. The second-order valence-corrected chi connectivity index (χ2v) is 7.60. The lowest BCUT2D eigenvalue weighted by Gasteiger charge is -2.28. The molecule has 2 aromatic carbocycles. The molecule has 3 rings (SSSR count). The fourth-order valence-electron chi connectivity index (χ4n) is 4.18. The molecule has 1 saturated carbocycles. The molecule has 1 aliphatic carbocycles. The van der Waals surface area contributed by atoms with Crippen LogP contribution in [0.2, 0.25) is 0 Å². The third-order valence-corrected chi connectivity index (χ3v) is 5.61. The van der Waals surface area contributed by atoms with Gasteiger partial charge >= 0.3 is 6.61 Å². The molecule has 0 aliphatic heterocycles. The predicted molar refractivity (Wildman–Crippen MR) is 109 cm³/mol. The molecule has 0 spiro atoms. The third-order valence-electron chi connectivity index (χ3n) is 5.61. The van der Waals surface area contributed by atoms with Crippen LogP contribution in [0.3, 0.4) is 0 Å². The molecule has 0 aromatic heterocycles. The van der Waals surface area contributed by atoms with E-state index in [0.29, 0.717) is 18.4 Å². The lowest BCUT2D eigenvalue weighted by atomic mass is 9.84. The molecule has 4 unspecified atom stereocenters. The zero-order chi connectivity index (χ0) is 20.6. The Balaban J connectivity index is 1.47. The highest BCUT2D eigenvalue weighted by molar-refractivity contribution is 5.39. The van der Waals surface area contributed by atoms with Gasteiger partial charge in [0, 0.05) is 12.6 Å². The number of para-hydroxylation sites is 2. The van der Waals surface area contributed by atoms with Crippen molar-refractivity contribution in [3.63, 3.8) is 0 Å². The van der Waals surface area contributed by atoms with Gasteiger partial charge in [0.1, 0.15) is 12.7 Å². The molecule has 6 heteroatoms. The van der Waals surface area contributed by atoms with Gasteiger partial charge in [-0.1, -0.05) is 48.9 Å². The van der Waals surface area contributed by atoms with Gasteiger partial charge in [-0.05, 0) is 49.3 Å². The van der Waals surface area contributed by atoms with Gasteiger partial charge < -0.3 is 19.9 Å². The molecule has 0 saturated heterocycles. The average Bonchev–Trinajstić information content (AvgIpc) is 3.21. The number of aliphatic hydroxyl groups is 1. The number of ether oxygens (including phenoxy) is 2. The number of nitrogens with one attached hydrogen (secondary N) is 1. The number of aliphatic hydroxyl groups excluding tert-OH is 1. The zero-order valence-corrected chi connectivity index (χ0v) is 16.6. The fraction of sp³-hybridized carbons (Fsp3) is 0.478. The second-order valence-electron chi connectivity index (χ2n) is 7.60. The summed E-state index contributed by atoms with van der Waals surface area (Å²) in [4.78, 5) is 0. The lowest BCUT2D eigenvalue weighted by molar-refractivity contribution is -0.0518. The smallest absolute Gasteiger partial charge is 0.387 e. The van der Waals surface area contributed by atoms with Crippen LogP contribution >= 0.6 is 0 Å². The van der Waals surface area contributed by atoms with Crippen LogP contribution in [0.4, 0.5) is 8.78 Å². The SMILES string of the molecule is CC(NCC(O)COc1ccccc1OC(F)F)C1CCCC1c1ccccc1. The number of hydrogen-bond acceptors (Lipinski definition) is 4. The summed E-state index contributed by atoms with van der Waals surface area (Å²) in [6.07, 6.45) is 2.81. The van der Waals surface area contributed by atoms with E-state index >= 15 is 0 Å². The first kappa shape index (κ1) is 21.5. The van der Waals surface area contributed by atoms with Crippen molar-refractivity contribution in [2.24, 2.45) is 5.92 Å². The molecular formula is C23H29F2NO3. The molecule has 0 radical (unpaired) electrons. The standard InChI is InChI=1S/C23H29F2NO3/c1-16(19-10-7-11-20(19)17-8-3-2-4-9-17)26-14-18(27)15-28-21-12-5-6-13-22(21)29-23(24)25/h2-6,8-9,12-13,16,18-20,23,26-27H,7,10-11,14-15H2,1H3. The number of benzene rings is 2. The van der Waals surface area contributed by atoms with Gasteiger partial charge in [-0.2, -0.15) is 8.78 Å². The normalized spacial score (nSPS) is 21.1. The van der Waals surface area contributed by atoms with Gasteiger partial charge in [0.25, 0.3) is 0 Å². The summed E-state index contributed by atoms with van der Waals surface area (Å²) in [5, 5.41) is 13.7. The predicted octanol–water partition coefficient (Wildman–Crippen LogP) is 4.59. The van der Waals surface area contributed by atoms with Crippen molar-refractivity contribution < 1.29 is 23.4 Å². The van der Waals surface area contributed by atoms with Crippen LogP contribution in [-0.4, -0.2) is 37.0 Å². The molecule has 2 N–H and O–H groups in total. The van der Waals surface area contributed by atoms with E-state index in [4.69, 9.17) is 4.74 Å². The zero-order valence-electron chi connectivity index (χ0n) is 16.6. The van der Waals surface area contributed by atoms with E-state index in [1.54, 1.807) is 18.2 Å². The molecule has 4 atom stereocenters. The van der Waals surface area contributed by atoms with Crippen molar-refractivity contribution >= 4 is 0 Å². The highest BCUT2D eigenvalue weighted by Gasteiger charge is 2.32. The number of halogens is 2. The van der Waals surface area contributed by atoms with E-state index in [1.807, 2.05) is 6.07 Å². The van der Waals surface area contributed by atoms with Gasteiger partial charge in [-0.3, -0.25) is 0 Å². The minimum atomic E-state index is -2.92. The van der Waals surface area contributed by atoms with Crippen molar-refractivity contribution in [2.45, 2.75) is 50.9 Å². The van der Waals surface area contributed by atoms with Crippen molar-refractivity contribution in [1.29, 1.82) is 0 Å². The maximum absolute atomic E-state index is 12.5. The number of alkyl halides is 2. The van der Waals surface area contributed by atoms with E-state index in [9.17, 15) is 13.9 Å². The molecular weight excluding hydrogens is 376 g/mol. The first-order valence-electron chi connectivity index (χ1n) is 10.2. The van der Waals surface area contributed by atoms with E-state index in [-0.39, 0.29) is 24.1 Å². The maximum atomic E-state index is 12.5. The molecule has 0 bridgehead atoms. The van der Waals surface area contributed by atoms with Crippen LogP contribution in [0.1, 0.15) is 37.7 Å². The molecule has 0 heterocycles. The first-order valence-corrected chi connectivity index (χ1v) is 10.2. The van der Waals surface area contributed by atoms with Crippen LogP contribution in [0.5, 0.6) is 11.5 Å². The number of rotatable bonds is 10. The number of hydrogen-bond donors (Lipinski definition) is 2. The van der Waals surface area contributed by atoms with Gasteiger partial charge in [-0.15, -0.1) is 0 Å². The molecule has 29 heavy (non-hydrogen) atoms. The quantitative estimate of drug-likeness (QED) is 0.607. The largest absolute Gasteiger partial charge is 0.487 e. The van der Waals surface area contributed by atoms with Crippen LogP contribution in [0, 0.1) is 5.92 Å². The van der Waals surface area contributed by atoms with E-state index < -0.39 is 12.7 Å². The molecule has 1 aliphatic rings. The van der Waals surface area contributed by atoms with Crippen LogP contribution < -0.4 is 14.8 Å². The molecule has 4 nitrogen and oxygen atoms in total. The van der Waals surface area contributed by atoms with Gasteiger partial charge in [0.05, 0.1) is 0 Å². The summed E-state index contributed by atoms with van der Waals surface area (Å²) < 4.78 is 34.9. The Morgan fingerprint density at radius 1 is 1.03 bits per heavy atom. The molecule has 1 fully saturated rings. The topological polar surface area (TPSA) is 50.7 Å². The van der Waals surface area contributed by atoms with Crippen LogP contribution in [-0.2, 0) is 0 Å². The molecule has 2 aromatic rings. The molecule has 158 valence electrons. The molecule has 0 amide bonds. The highest BCUT2D eigenvalue weighted by Crippen LogP contribution is 2.41. The Morgan fingerprint density at radius 2 is 1.72 bits per heavy atom. The van der Waals surface area contributed by atoms with Crippen molar-refractivity contribution in [2.75, 3.05) is 13.2 Å². The van der Waals surface area contributed by atoms with Crippen LogP contribution in [0.15, 0.2) is 54.6 Å². The lowest BCUT2D eigenvalue weighted by Crippen LogP contribution is -2.41. The minimum Gasteiger partial charge on any atom is -0.487 e. The Bertz CT molecular complexity index is 744. The van der Waals surface area contributed by atoms with Gasteiger partial charge in [0.15, 0.2) is 11.5 Å². The summed E-state index contributed by atoms with van der Waals surface area (Å²) >= 11 is 0. The second kappa shape index (κ2) is 10.6. The van der Waals surface area contributed by atoms with Crippen molar-refractivity contribution in [1.82, 2.24) is 5.32 Å². The highest BCUT2D eigenvalue weighted by atomic mass is 19.3. The summed E-state index contributed by atoms with van der Waals surface area (Å²) in [7, 11) is 0. The minimum absolute atomic E-state index is 0.00386. The van der Waals surface area contributed by atoms with E-state index in [0.717, 1.165) is 0 Å². The Kier molecular flexibility index (Phi) is 7.83. The summed E-state index contributed by atoms with van der Waals surface area (Å²) in [5.41, 5.74) is 1.38. The van der Waals surface area contributed by atoms with Gasteiger partial charge in [-0.25, -0.2) is 0 Å². The van der Waals surface area contributed by atoms with Gasteiger partial charge in [0.2, 0.25) is 0 Å². The monoisotopic (exact) mass is 405 g/mol. The maximum Gasteiger partial charge on any atom is 0.387 e. The fourth-order valence-corrected chi connectivity index (χ4v) is 4.18. The van der Waals surface area contributed by atoms with Crippen molar-refractivity contribution in [3.05, 3.63) is 60.2 Å². The Labute approximate surface area is 170 Å².